The van der Waals surface area contributed by atoms with Crippen LogP contribution in [0.25, 0.3) is 11.5 Å². The summed E-state index contributed by atoms with van der Waals surface area (Å²) in [6.45, 7) is 2.05. The van der Waals surface area contributed by atoms with E-state index in [1.165, 1.54) is 5.56 Å². The molecule has 0 N–H and O–H groups in total. The third-order valence-electron chi connectivity index (χ3n) is 1.70. The lowest BCUT2D eigenvalue weighted by Gasteiger charge is -1.95. The van der Waals surface area contributed by atoms with Crippen molar-refractivity contribution in [2.45, 2.75) is 6.92 Å². The van der Waals surface area contributed by atoms with Crippen LogP contribution in [0.15, 0.2) is 41.1 Å². The Kier molecular flexibility index (Phi) is 1.67. The molecule has 0 aliphatic heterocycles. The molecule has 0 fully saturated rings. The zero-order valence-corrected chi connectivity index (χ0v) is 6.82. The number of aryl methyl sites for hydroxylation is 1. The van der Waals surface area contributed by atoms with E-state index in [9.17, 15) is 0 Å². The number of nitrogens with zero attached hydrogens (tertiary/aromatic N) is 1. The van der Waals surface area contributed by atoms with Crippen molar-refractivity contribution < 1.29 is 4.42 Å². The Morgan fingerprint density at radius 1 is 1.33 bits per heavy atom. The molecule has 12 heavy (non-hydrogen) atoms. The van der Waals surface area contributed by atoms with Crippen molar-refractivity contribution in [2.75, 3.05) is 0 Å². The molecule has 0 saturated carbocycles. The molecule has 0 bridgehead atoms. The van der Waals surface area contributed by atoms with Gasteiger partial charge in [0.1, 0.15) is 6.26 Å². The van der Waals surface area contributed by atoms with Gasteiger partial charge in [-0.2, -0.15) is 0 Å². The van der Waals surface area contributed by atoms with E-state index in [1.807, 2.05) is 31.2 Å². The molecule has 0 saturated heterocycles. The Bertz CT molecular complexity index is 365. The van der Waals surface area contributed by atoms with Gasteiger partial charge in [-0.1, -0.05) is 17.7 Å². The van der Waals surface area contributed by atoms with Crippen molar-refractivity contribution >= 4 is 0 Å². The van der Waals surface area contributed by atoms with E-state index in [0.29, 0.717) is 5.89 Å². The summed E-state index contributed by atoms with van der Waals surface area (Å²) in [5.41, 5.74) is 2.24. The average molecular weight is 159 g/mol. The van der Waals surface area contributed by atoms with Gasteiger partial charge in [0.2, 0.25) is 5.89 Å². The molecule has 2 nitrogen and oxygen atoms in total. The topological polar surface area (TPSA) is 26.0 Å². The smallest absolute Gasteiger partial charge is 0.225 e. The Balaban J connectivity index is 2.48. The zero-order chi connectivity index (χ0) is 8.39. The maximum Gasteiger partial charge on any atom is 0.225 e. The van der Waals surface area contributed by atoms with Gasteiger partial charge in [0, 0.05) is 5.56 Å². The van der Waals surface area contributed by atoms with E-state index in [-0.39, 0.29) is 0 Å². The van der Waals surface area contributed by atoms with E-state index in [1.54, 1.807) is 12.5 Å². The Hall–Kier alpha value is -1.57. The van der Waals surface area contributed by atoms with Gasteiger partial charge in [0.15, 0.2) is 0 Å². The predicted molar refractivity (Wildman–Crippen MR) is 46.7 cm³/mol. The van der Waals surface area contributed by atoms with Gasteiger partial charge in [-0.3, -0.25) is 0 Å². The Morgan fingerprint density at radius 2 is 2.25 bits per heavy atom. The average Bonchev–Trinajstić information content (AvgIpc) is 2.56. The SMILES string of the molecule is Cc1cccc(-c2ncco2)c1. The van der Waals surface area contributed by atoms with Gasteiger partial charge in [0.05, 0.1) is 6.20 Å². The highest BCUT2D eigenvalue weighted by molar-refractivity contribution is 5.53. The second-order valence-electron chi connectivity index (χ2n) is 2.71. The fourth-order valence-corrected chi connectivity index (χ4v) is 1.14. The first kappa shape index (κ1) is 7.10. The molecule has 0 aliphatic carbocycles. The molecule has 1 aromatic carbocycles. The van der Waals surface area contributed by atoms with Crippen LogP contribution in [-0.4, -0.2) is 4.98 Å². The van der Waals surface area contributed by atoms with Crippen LogP contribution < -0.4 is 0 Å². The van der Waals surface area contributed by atoms with Gasteiger partial charge in [-0.05, 0) is 19.1 Å². The van der Waals surface area contributed by atoms with Gasteiger partial charge in [-0.25, -0.2) is 4.98 Å². The molecule has 2 heteroatoms. The van der Waals surface area contributed by atoms with E-state index in [4.69, 9.17) is 4.42 Å². The van der Waals surface area contributed by atoms with Crippen LogP contribution in [0.5, 0.6) is 0 Å². The lowest BCUT2D eigenvalue weighted by Crippen LogP contribution is -1.77. The van der Waals surface area contributed by atoms with Crippen LogP contribution in [0.3, 0.4) is 0 Å². The van der Waals surface area contributed by atoms with Crippen LogP contribution in [-0.2, 0) is 0 Å². The molecule has 0 amide bonds. The third-order valence-corrected chi connectivity index (χ3v) is 1.70. The van der Waals surface area contributed by atoms with E-state index < -0.39 is 0 Å². The van der Waals surface area contributed by atoms with Gasteiger partial charge in [0.25, 0.3) is 0 Å². The number of aromatic nitrogens is 1. The minimum atomic E-state index is 0.679. The van der Waals surface area contributed by atoms with Crippen molar-refractivity contribution in [3.8, 4) is 11.5 Å². The van der Waals surface area contributed by atoms with Gasteiger partial charge in [-0.15, -0.1) is 0 Å². The fourth-order valence-electron chi connectivity index (χ4n) is 1.14. The number of oxazole rings is 1. The Morgan fingerprint density at radius 3 is 2.92 bits per heavy atom. The van der Waals surface area contributed by atoms with Crippen molar-refractivity contribution in [2.24, 2.45) is 0 Å². The highest BCUT2D eigenvalue weighted by Gasteiger charge is 2.00. The lowest BCUT2D eigenvalue weighted by molar-refractivity contribution is 0.574. The number of benzene rings is 1. The molecule has 0 atom stereocenters. The molecule has 2 aromatic rings. The monoisotopic (exact) mass is 159 g/mol. The highest BCUT2D eigenvalue weighted by atomic mass is 16.3. The zero-order valence-electron chi connectivity index (χ0n) is 6.82. The normalized spacial score (nSPS) is 10.1. The quantitative estimate of drug-likeness (QED) is 0.639. The van der Waals surface area contributed by atoms with E-state index >= 15 is 0 Å². The summed E-state index contributed by atoms with van der Waals surface area (Å²) in [7, 11) is 0. The molecular weight excluding hydrogens is 150 g/mol. The first-order valence-corrected chi connectivity index (χ1v) is 3.83. The maximum absolute atomic E-state index is 5.16. The summed E-state index contributed by atoms with van der Waals surface area (Å²) in [6.07, 6.45) is 3.23. The van der Waals surface area contributed by atoms with E-state index in [0.717, 1.165) is 5.56 Å². The molecule has 0 radical (unpaired) electrons. The summed E-state index contributed by atoms with van der Waals surface area (Å²) in [5, 5.41) is 0. The van der Waals surface area contributed by atoms with Gasteiger partial charge < -0.3 is 4.42 Å². The van der Waals surface area contributed by atoms with E-state index in [2.05, 4.69) is 4.98 Å². The molecule has 0 aliphatic rings. The van der Waals surface area contributed by atoms with Crippen LogP contribution in [0, 0.1) is 6.92 Å². The van der Waals surface area contributed by atoms with Crippen molar-refractivity contribution in [1.82, 2.24) is 4.98 Å². The minimum absolute atomic E-state index is 0.679. The van der Waals surface area contributed by atoms with Gasteiger partial charge >= 0.3 is 0 Å². The lowest BCUT2D eigenvalue weighted by atomic mass is 10.1. The summed E-state index contributed by atoms with van der Waals surface area (Å²) < 4.78 is 5.16. The first-order valence-electron chi connectivity index (χ1n) is 3.83. The molecule has 1 aromatic heterocycles. The molecule has 0 unspecified atom stereocenters. The molecule has 60 valence electrons. The largest absolute Gasteiger partial charge is 0.445 e. The first-order chi connectivity index (χ1) is 5.86. The second-order valence-corrected chi connectivity index (χ2v) is 2.71. The van der Waals surface area contributed by atoms with Crippen LogP contribution in [0.4, 0.5) is 0 Å². The fraction of sp³-hybridized carbons (Fsp3) is 0.100. The standard InChI is InChI=1S/C10H9NO/c1-8-3-2-4-9(7-8)10-11-5-6-12-10/h2-7H,1H3. The maximum atomic E-state index is 5.16. The minimum Gasteiger partial charge on any atom is -0.445 e. The van der Waals surface area contributed by atoms with Crippen LogP contribution in [0.1, 0.15) is 5.56 Å². The number of hydrogen-bond acceptors (Lipinski definition) is 2. The summed E-state index contributed by atoms with van der Waals surface area (Å²) >= 11 is 0. The molecular formula is C10H9NO. The molecule has 0 spiro atoms. The summed E-state index contributed by atoms with van der Waals surface area (Å²) in [4.78, 5) is 4.06. The summed E-state index contributed by atoms with van der Waals surface area (Å²) in [6, 6.07) is 8.08. The Labute approximate surface area is 70.9 Å². The molecule has 1 heterocycles. The third kappa shape index (κ3) is 1.23. The highest BCUT2D eigenvalue weighted by Crippen LogP contribution is 2.17. The number of rotatable bonds is 1. The van der Waals surface area contributed by atoms with Crippen LogP contribution >= 0.6 is 0 Å². The van der Waals surface area contributed by atoms with Crippen molar-refractivity contribution in [3.05, 3.63) is 42.3 Å². The molecule has 2 rings (SSSR count). The van der Waals surface area contributed by atoms with Crippen molar-refractivity contribution in [1.29, 1.82) is 0 Å². The van der Waals surface area contributed by atoms with Crippen molar-refractivity contribution in [3.63, 3.8) is 0 Å². The predicted octanol–water partition coefficient (Wildman–Crippen LogP) is 2.65. The second kappa shape index (κ2) is 2.81. The number of hydrogen-bond donors (Lipinski definition) is 0. The summed E-state index contributed by atoms with van der Waals surface area (Å²) in [5.74, 6) is 0.679. The van der Waals surface area contributed by atoms with Crippen LogP contribution in [0.2, 0.25) is 0 Å².